The molecule has 1 fully saturated rings. The predicted octanol–water partition coefficient (Wildman–Crippen LogP) is 3.96. The molecule has 1 aromatic heterocycles. The molecule has 0 aliphatic carbocycles. The minimum absolute atomic E-state index is 0.0135. The van der Waals surface area contributed by atoms with Crippen LogP contribution in [-0.2, 0) is 24.6 Å². The molecule has 36 heavy (non-hydrogen) atoms. The third kappa shape index (κ3) is 5.44. The molecule has 1 aliphatic heterocycles. The quantitative estimate of drug-likeness (QED) is 0.553. The van der Waals surface area contributed by atoms with Gasteiger partial charge >= 0.3 is 6.18 Å². The van der Waals surface area contributed by atoms with E-state index < -0.39 is 24.3 Å². The van der Waals surface area contributed by atoms with Crippen LogP contribution in [0.2, 0.25) is 0 Å². The van der Waals surface area contributed by atoms with Gasteiger partial charge in [-0.2, -0.15) is 13.2 Å². The van der Waals surface area contributed by atoms with Gasteiger partial charge in [0.1, 0.15) is 5.69 Å². The number of aliphatic hydroxyl groups is 1. The Bertz CT molecular complexity index is 1350. The monoisotopic (exact) mass is 501 g/mol. The molecule has 0 atom stereocenters. The number of morpholine rings is 1. The van der Waals surface area contributed by atoms with Gasteiger partial charge in [0.15, 0.2) is 0 Å². The molecule has 1 aliphatic rings. The molecule has 1 amide bonds. The number of ether oxygens (including phenoxy) is 1. The van der Waals surface area contributed by atoms with Gasteiger partial charge in [0.05, 0.1) is 25.4 Å². The van der Waals surface area contributed by atoms with Crippen molar-refractivity contribution in [1.29, 1.82) is 0 Å². The maximum atomic E-state index is 13.2. The minimum Gasteiger partial charge on any atom is -0.392 e. The lowest BCUT2D eigenvalue weighted by Crippen LogP contribution is -2.40. The van der Waals surface area contributed by atoms with Crippen LogP contribution >= 0.6 is 0 Å². The van der Waals surface area contributed by atoms with E-state index in [-0.39, 0.29) is 16.7 Å². The molecule has 3 aromatic rings. The van der Waals surface area contributed by atoms with Crippen LogP contribution in [-0.4, -0.2) is 41.9 Å². The van der Waals surface area contributed by atoms with Crippen molar-refractivity contribution in [2.75, 3.05) is 36.5 Å². The van der Waals surface area contributed by atoms with E-state index in [1.807, 2.05) is 17.9 Å². The van der Waals surface area contributed by atoms with Gasteiger partial charge in [-0.25, -0.2) is 0 Å². The molecule has 4 rings (SSSR count). The summed E-state index contributed by atoms with van der Waals surface area (Å²) in [7, 11) is 1.67. The summed E-state index contributed by atoms with van der Waals surface area (Å²) in [6.45, 7) is 3.52. The number of nitrogens with zero attached hydrogens (tertiary/aromatic N) is 2. The molecule has 10 heteroatoms. The number of pyridine rings is 1. The molecule has 0 bridgehead atoms. The fourth-order valence-electron chi connectivity index (χ4n) is 4.16. The zero-order valence-corrected chi connectivity index (χ0v) is 19.9. The molecule has 2 aromatic carbocycles. The molecule has 0 saturated carbocycles. The van der Waals surface area contributed by atoms with Crippen LogP contribution in [0.5, 0.6) is 0 Å². The largest absolute Gasteiger partial charge is 0.416 e. The summed E-state index contributed by atoms with van der Waals surface area (Å²) in [5, 5.41) is 12.0. The highest BCUT2D eigenvalue weighted by Crippen LogP contribution is 2.32. The van der Waals surface area contributed by atoms with Gasteiger partial charge < -0.3 is 24.6 Å². The van der Waals surface area contributed by atoms with Gasteiger partial charge in [-0.1, -0.05) is 6.07 Å². The Hall–Kier alpha value is -3.63. The van der Waals surface area contributed by atoms with Crippen molar-refractivity contribution in [3.63, 3.8) is 0 Å². The average Bonchev–Trinajstić information content (AvgIpc) is 2.86. The highest BCUT2D eigenvalue weighted by atomic mass is 19.4. The average molecular weight is 502 g/mol. The molecule has 7 nitrogen and oxygen atoms in total. The first-order valence-corrected chi connectivity index (χ1v) is 11.3. The van der Waals surface area contributed by atoms with Crippen molar-refractivity contribution in [3.8, 4) is 11.1 Å². The molecule has 2 heterocycles. The number of carbonyl (C=O) groups is 1. The Kier molecular flexibility index (Phi) is 7.18. The van der Waals surface area contributed by atoms with Crippen molar-refractivity contribution in [2.24, 2.45) is 7.05 Å². The molecule has 0 spiro atoms. The molecular weight excluding hydrogens is 475 g/mol. The van der Waals surface area contributed by atoms with Gasteiger partial charge in [0, 0.05) is 43.1 Å². The van der Waals surface area contributed by atoms with Crippen LogP contribution in [0.1, 0.15) is 27.0 Å². The van der Waals surface area contributed by atoms with E-state index >= 15 is 0 Å². The normalized spacial score (nSPS) is 14.1. The lowest BCUT2D eigenvalue weighted by atomic mass is 10.00. The maximum Gasteiger partial charge on any atom is 0.416 e. The predicted molar refractivity (Wildman–Crippen MR) is 130 cm³/mol. The highest BCUT2D eigenvalue weighted by Gasteiger charge is 2.31. The van der Waals surface area contributed by atoms with Crippen LogP contribution in [0.25, 0.3) is 11.1 Å². The van der Waals surface area contributed by atoms with Crippen LogP contribution in [0.15, 0.2) is 53.5 Å². The van der Waals surface area contributed by atoms with Crippen molar-refractivity contribution in [2.45, 2.75) is 19.7 Å². The van der Waals surface area contributed by atoms with E-state index in [1.165, 1.54) is 10.6 Å². The Balaban J connectivity index is 1.67. The molecule has 2 N–H and O–H groups in total. The first-order valence-electron chi connectivity index (χ1n) is 11.3. The molecule has 0 radical (unpaired) electrons. The second-order valence-electron chi connectivity index (χ2n) is 8.69. The topological polar surface area (TPSA) is 83.8 Å². The fourth-order valence-corrected chi connectivity index (χ4v) is 4.16. The molecule has 1 saturated heterocycles. The van der Waals surface area contributed by atoms with Gasteiger partial charge in [-0.05, 0) is 60.0 Å². The zero-order chi connectivity index (χ0) is 26.0. The third-order valence-corrected chi connectivity index (χ3v) is 6.09. The number of hydrogen-bond acceptors (Lipinski definition) is 5. The van der Waals surface area contributed by atoms with E-state index in [9.17, 15) is 27.9 Å². The second kappa shape index (κ2) is 10.2. The van der Waals surface area contributed by atoms with Crippen LogP contribution < -0.4 is 15.8 Å². The van der Waals surface area contributed by atoms with Crippen LogP contribution in [0, 0.1) is 6.92 Å². The van der Waals surface area contributed by atoms with Crippen molar-refractivity contribution in [1.82, 2.24) is 4.57 Å². The summed E-state index contributed by atoms with van der Waals surface area (Å²) in [4.78, 5) is 27.6. The van der Waals surface area contributed by atoms with Gasteiger partial charge in [-0.15, -0.1) is 0 Å². The smallest absolute Gasteiger partial charge is 0.392 e. The van der Waals surface area contributed by atoms with Crippen molar-refractivity contribution in [3.05, 3.63) is 81.3 Å². The summed E-state index contributed by atoms with van der Waals surface area (Å²) in [5.41, 5.74) is 1.97. The van der Waals surface area contributed by atoms with Crippen molar-refractivity contribution >= 4 is 17.3 Å². The fraction of sp³-hybridized carbons (Fsp3) is 0.308. The second-order valence-corrected chi connectivity index (χ2v) is 8.69. The molecule has 0 unspecified atom stereocenters. The number of amides is 1. The van der Waals surface area contributed by atoms with Gasteiger partial charge in [-0.3, -0.25) is 9.59 Å². The highest BCUT2D eigenvalue weighted by molar-refractivity contribution is 6.04. The summed E-state index contributed by atoms with van der Waals surface area (Å²) in [6, 6.07) is 9.76. The van der Waals surface area contributed by atoms with Crippen LogP contribution in [0.3, 0.4) is 0 Å². The number of anilines is 2. The standard InChI is InChI=1S/C26H26F3N3O4/c1-16-3-4-21(30-24(34)18-9-17(15-33)10-20(11-18)26(27,28)29)13-22(16)19-12-23(25(35)31(2)14-19)32-5-7-36-8-6-32/h3-4,9-14,33H,5-8,15H2,1-2H3,(H,30,34). The number of rotatable bonds is 5. The van der Waals surface area contributed by atoms with Crippen LogP contribution in [0.4, 0.5) is 24.5 Å². The minimum atomic E-state index is -4.65. The van der Waals surface area contributed by atoms with Crippen molar-refractivity contribution < 1.29 is 27.8 Å². The number of aliphatic hydroxyl groups excluding tert-OH is 1. The Morgan fingerprint density at radius 3 is 2.50 bits per heavy atom. The number of nitrogens with one attached hydrogen (secondary N) is 1. The SMILES string of the molecule is Cc1ccc(NC(=O)c2cc(CO)cc(C(F)(F)F)c2)cc1-c1cc(N2CCOCC2)c(=O)n(C)c1. The number of hydrogen-bond donors (Lipinski definition) is 2. The third-order valence-electron chi connectivity index (χ3n) is 6.09. The van der Waals surface area contributed by atoms with E-state index in [0.29, 0.717) is 37.7 Å². The Labute approximate surface area is 205 Å². The Morgan fingerprint density at radius 1 is 1.11 bits per heavy atom. The van der Waals surface area contributed by atoms with E-state index in [0.717, 1.165) is 28.8 Å². The molecular formula is C26H26F3N3O4. The van der Waals surface area contributed by atoms with Gasteiger partial charge in [0.2, 0.25) is 0 Å². The summed E-state index contributed by atoms with van der Waals surface area (Å²) >= 11 is 0. The number of alkyl halides is 3. The first kappa shape index (κ1) is 25.5. The number of aromatic nitrogens is 1. The first-order chi connectivity index (χ1) is 17.1. The number of benzene rings is 2. The summed E-state index contributed by atoms with van der Waals surface area (Å²) < 4.78 is 46.6. The Morgan fingerprint density at radius 2 is 1.83 bits per heavy atom. The number of aryl methyl sites for hydroxylation is 2. The van der Waals surface area contributed by atoms with E-state index in [2.05, 4.69) is 5.32 Å². The summed E-state index contributed by atoms with van der Waals surface area (Å²) in [5.74, 6) is -0.736. The maximum absolute atomic E-state index is 13.2. The van der Waals surface area contributed by atoms with E-state index in [4.69, 9.17) is 4.74 Å². The number of halogens is 3. The summed E-state index contributed by atoms with van der Waals surface area (Å²) in [6.07, 6.45) is -2.95. The zero-order valence-electron chi connectivity index (χ0n) is 19.9. The number of carbonyl (C=O) groups excluding carboxylic acids is 1. The lowest BCUT2D eigenvalue weighted by Gasteiger charge is -2.29. The van der Waals surface area contributed by atoms with E-state index in [1.54, 1.807) is 31.4 Å². The van der Waals surface area contributed by atoms with Gasteiger partial charge in [0.25, 0.3) is 11.5 Å². The molecule has 190 valence electrons. The lowest BCUT2D eigenvalue weighted by molar-refractivity contribution is -0.137.